The van der Waals surface area contributed by atoms with Gasteiger partial charge in [-0.2, -0.15) is 0 Å². The van der Waals surface area contributed by atoms with E-state index in [1.54, 1.807) is 0 Å². The second-order valence-corrected chi connectivity index (χ2v) is 7.81. The molecule has 7 atom stereocenters. The van der Waals surface area contributed by atoms with Crippen LogP contribution in [0.4, 0.5) is 0 Å². The van der Waals surface area contributed by atoms with Crippen LogP contribution in [0.1, 0.15) is 64.7 Å². The van der Waals surface area contributed by atoms with E-state index in [0.717, 1.165) is 25.7 Å². The van der Waals surface area contributed by atoms with Crippen molar-refractivity contribution in [2.75, 3.05) is 0 Å². The first kappa shape index (κ1) is 24.7. The van der Waals surface area contributed by atoms with Crippen LogP contribution in [0.5, 0.6) is 0 Å². The van der Waals surface area contributed by atoms with Gasteiger partial charge in [0.2, 0.25) is 0 Å². The molecule has 0 aromatic carbocycles. The molecule has 0 radical (unpaired) electrons. The summed E-state index contributed by atoms with van der Waals surface area (Å²) in [5, 5.41) is 19.1. The molecule has 0 aromatic heterocycles. The Bertz CT molecular complexity index is 469. The number of carboxylic acid groups (broad SMARTS) is 1. The summed E-state index contributed by atoms with van der Waals surface area (Å²) >= 11 is 0. The fraction of sp³-hybridized carbons (Fsp3) is 0.750. The minimum absolute atomic E-state index is 0.0209. The Morgan fingerprint density at radius 3 is 2.67 bits per heavy atom. The molecule has 27 heavy (non-hydrogen) atoms. The molecular formula is C20H36O5P2. The largest absolute Gasteiger partial charge is 0.481 e. The third-order valence-corrected chi connectivity index (χ3v) is 5.92. The van der Waals surface area contributed by atoms with E-state index in [-0.39, 0.29) is 30.5 Å². The third kappa shape index (κ3) is 9.63. The van der Waals surface area contributed by atoms with Gasteiger partial charge in [0.15, 0.2) is 0 Å². The van der Waals surface area contributed by atoms with Gasteiger partial charge < -0.3 is 19.3 Å². The van der Waals surface area contributed by atoms with Crippen molar-refractivity contribution in [3.8, 4) is 0 Å². The van der Waals surface area contributed by atoms with Crippen LogP contribution in [0.2, 0.25) is 0 Å². The topological polar surface area (TPSA) is 76.0 Å². The van der Waals surface area contributed by atoms with Crippen molar-refractivity contribution < 1.29 is 24.1 Å². The van der Waals surface area contributed by atoms with Crippen molar-refractivity contribution in [3.63, 3.8) is 0 Å². The molecule has 0 aliphatic heterocycles. The molecule has 1 saturated carbocycles. The van der Waals surface area contributed by atoms with E-state index in [1.165, 1.54) is 12.8 Å². The SMILES string of the molecule is CCCCCC(/C=C/C1C(OP)CC(O)C1C/C=C/CCCC(=O)O)OP. The van der Waals surface area contributed by atoms with Crippen LogP contribution in [0.15, 0.2) is 24.3 Å². The van der Waals surface area contributed by atoms with Gasteiger partial charge in [0.05, 0.1) is 18.3 Å². The molecule has 0 heterocycles. The molecule has 1 rings (SSSR count). The van der Waals surface area contributed by atoms with Crippen molar-refractivity contribution in [1.82, 2.24) is 0 Å². The highest BCUT2D eigenvalue weighted by molar-refractivity contribution is 7.10. The van der Waals surface area contributed by atoms with Gasteiger partial charge in [0.25, 0.3) is 0 Å². The summed E-state index contributed by atoms with van der Waals surface area (Å²) < 4.78 is 11.0. The molecule has 0 spiro atoms. The molecule has 1 aliphatic rings. The fourth-order valence-electron chi connectivity index (χ4n) is 3.63. The lowest BCUT2D eigenvalue weighted by Gasteiger charge is -2.21. The van der Waals surface area contributed by atoms with E-state index in [2.05, 4.69) is 44.1 Å². The van der Waals surface area contributed by atoms with Crippen molar-refractivity contribution in [3.05, 3.63) is 24.3 Å². The first-order valence-corrected chi connectivity index (χ1v) is 10.9. The maximum atomic E-state index is 10.5. The number of hydrogen-bond donors (Lipinski definition) is 2. The Labute approximate surface area is 168 Å². The molecule has 156 valence electrons. The molecule has 0 amide bonds. The minimum Gasteiger partial charge on any atom is -0.481 e. The maximum absolute atomic E-state index is 10.5. The quantitative estimate of drug-likeness (QED) is 0.244. The van der Waals surface area contributed by atoms with Crippen molar-refractivity contribution >= 4 is 24.9 Å². The number of allylic oxidation sites excluding steroid dienone is 2. The smallest absolute Gasteiger partial charge is 0.303 e. The van der Waals surface area contributed by atoms with Crippen LogP contribution in [-0.4, -0.2) is 34.5 Å². The normalized spacial score (nSPS) is 27.0. The average Bonchev–Trinajstić information content (AvgIpc) is 2.95. The van der Waals surface area contributed by atoms with Crippen molar-refractivity contribution in [1.29, 1.82) is 0 Å². The highest BCUT2D eigenvalue weighted by Gasteiger charge is 2.40. The van der Waals surface area contributed by atoms with E-state index in [9.17, 15) is 9.90 Å². The lowest BCUT2D eigenvalue weighted by Crippen LogP contribution is -2.20. The summed E-state index contributed by atoms with van der Waals surface area (Å²) in [5.41, 5.74) is 0. The van der Waals surface area contributed by atoms with Gasteiger partial charge in [0, 0.05) is 37.7 Å². The van der Waals surface area contributed by atoms with E-state index in [1.807, 2.05) is 6.08 Å². The predicted molar refractivity (Wildman–Crippen MR) is 115 cm³/mol. The molecule has 0 saturated heterocycles. The Morgan fingerprint density at radius 2 is 2.04 bits per heavy atom. The van der Waals surface area contributed by atoms with Crippen LogP contribution in [0, 0.1) is 11.8 Å². The maximum Gasteiger partial charge on any atom is 0.303 e. The van der Waals surface area contributed by atoms with Crippen LogP contribution in [-0.2, 0) is 13.8 Å². The molecular weight excluding hydrogens is 382 g/mol. The first-order chi connectivity index (χ1) is 13.0. The van der Waals surface area contributed by atoms with Gasteiger partial charge in [-0.25, -0.2) is 0 Å². The molecule has 5 nitrogen and oxygen atoms in total. The molecule has 7 heteroatoms. The van der Waals surface area contributed by atoms with Crippen LogP contribution < -0.4 is 0 Å². The third-order valence-electron chi connectivity index (χ3n) is 5.22. The highest BCUT2D eigenvalue weighted by Crippen LogP contribution is 2.39. The molecule has 2 N–H and O–H groups in total. The molecule has 7 unspecified atom stereocenters. The molecule has 0 bridgehead atoms. The lowest BCUT2D eigenvalue weighted by molar-refractivity contribution is -0.137. The van der Waals surface area contributed by atoms with Gasteiger partial charge in [-0.15, -0.1) is 0 Å². The van der Waals surface area contributed by atoms with Crippen LogP contribution in [0.25, 0.3) is 0 Å². The Balaban J connectivity index is 2.61. The average molecular weight is 418 g/mol. The summed E-state index contributed by atoms with van der Waals surface area (Å²) in [5.74, 6) is -0.525. The van der Waals surface area contributed by atoms with E-state index >= 15 is 0 Å². The summed E-state index contributed by atoms with van der Waals surface area (Å²) in [4.78, 5) is 10.5. The zero-order chi connectivity index (χ0) is 20.1. The van der Waals surface area contributed by atoms with E-state index in [4.69, 9.17) is 14.2 Å². The standard InChI is InChI=1S/C20H36O5P2/c1-2-3-6-9-15(24-26)12-13-17-16(18(21)14-19(17)25-27)10-7-4-5-8-11-20(22)23/h4,7,12-13,15-19,21H,2-3,5-6,8-11,14,26-27H2,1H3,(H,22,23)/b7-4+,13-12+. The second-order valence-electron chi connectivity index (χ2n) is 7.27. The number of carboxylic acids is 1. The number of aliphatic hydroxyl groups excluding tert-OH is 1. The Kier molecular flexibility index (Phi) is 13.4. The number of unbranched alkanes of at least 4 members (excludes halogenated alkanes) is 3. The Hall–Kier alpha value is -0.310. The molecule has 1 fully saturated rings. The zero-order valence-electron chi connectivity index (χ0n) is 16.3. The van der Waals surface area contributed by atoms with Crippen molar-refractivity contribution in [2.45, 2.75) is 83.0 Å². The predicted octanol–water partition coefficient (Wildman–Crippen LogP) is 4.67. The van der Waals surface area contributed by atoms with Gasteiger partial charge in [0.1, 0.15) is 0 Å². The van der Waals surface area contributed by atoms with Gasteiger partial charge in [-0.1, -0.05) is 50.5 Å². The van der Waals surface area contributed by atoms with E-state index < -0.39 is 12.1 Å². The Morgan fingerprint density at radius 1 is 1.26 bits per heavy atom. The second kappa shape index (κ2) is 14.7. The van der Waals surface area contributed by atoms with Gasteiger partial charge in [-0.05, 0) is 31.6 Å². The van der Waals surface area contributed by atoms with E-state index in [0.29, 0.717) is 12.8 Å². The number of carbonyl (C=O) groups is 1. The monoisotopic (exact) mass is 418 g/mol. The van der Waals surface area contributed by atoms with Crippen LogP contribution in [0.3, 0.4) is 0 Å². The van der Waals surface area contributed by atoms with Crippen molar-refractivity contribution in [2.24, 2.45) is 11.8 Å². The summed E-state index contributed by atoms with van der Waals surface area (Å²) in [6.45, 7) is 2.19. The summed E-state index contributed by atoms with van der Waals surface area (Å²) in [6.07, 6.45) is 15.5. The number of rotatable bonds is 14. The first-order valence-electron chi connectivity index (χ1n) is 9.97. The lowest BCUT2D eigenvalue weighted by atomic mass is 9.89. The molecule has 1 aliphatic carbocycles. The summed E-state index contributed by atoms with van der Waals surface area (Å²) in [7, 11) is 4.68. The fourth-order valence-corrected chi connectivity index (χ4v) is 4.15. The zero-order valence-corrected chi connectivity index (χ0v) is 18.6. The number of hydrogen-bond acceptors (Lipinski definition) is 4. The number of aliphatic hydroxyl groups is 1. The summed E-state index contributed by atoms with van der Waals surface area (Å²) in [6, 6.07) is 0. The van der Waals surface area contributed by atoms with Gasteiger partial charge >= 0.3 is 5.97 Å². The highest BCUT2D eigenvalue weighted by atomic mass is 31.0. The number of aliphatic carboxylic acids is 1. The molecule has 0 aromatic rings. The van der Waals surface area contributed by atoms with Crippen LogP contribution >= 0.6 is 18.9 Å². The van der Waals surface area contributed by atoms with Gasteiger partial charge in [-0.3, -0.25) is 4.79 Å². The minimum atomic E-state index is -0.759.